The largest absolute Gasteiger partial charge is 0.460 e. The third kappa shape index (κ3) is 19.9. The minimum atomic E-state index is -0.799. The Labute approximate surface area is 275 Å². The molecule has 12 nitrogen and oxygen atoms in total. The number of carbonyl (C=O) groups excluding carboxylic acids is 4. The van der Waals surface area contributed by atoms with Gasteiger partial charge in [-0.1, -0.05) is 12.8 Å². The summed E-state index contributed by atoms with van der Waals surface area (Å²) in [4.78, 5) is 50.3. The average molecular weight is 658 g/mol. The van der Waals surface area contributed by atoms with Crippen molar-refractivity contribution >= 4 is 23.8 Å². The van der Waals surface area contributed by atoms with Gasteiger partial charge in [0.2, 0.25) is 5.91 Å². The van der Waals surface area contributed by atoms with Crippen LogP contribution >= 0.6 is 0 Å². The normalized spacial score (nSPS) is 18.8. The maximum Gasteiger partial charge on any atom is 0.308 e. The van der Waals surface area contributed by atoms with Crippen molar-refractivity contribution in [2.24, 2.45) is 0 Å². The van der Waals surface area contributed by atoms with Crippen molar-refractivity contribution in [3.8, 4) is 0 Å². The summed E-state index contributed by atoms with van der Waals surface area (Å²) in [7, 11) is 0. The molecular weight excluding hydrogens is 598 g/mol. The lowest BCUT2D eigenvalue weighted by atomic mass is 9.91. The summed E-state index contributed by atoms with van der Waals surface area (Å²) in [5, 5.41) is 11.9. The Bertz CT molecular complexity index is 989. The van der Waals surface area contributed by atoms with Gasteiger partial charge in [0.15, 0.2) is 0 Å². The van der Waals surface area contributed by atoms with Crippen LogP contribution in [0.5, 0.6) is 0 Å². The van der Waals surface area contributed by atoms with E-state index in [1.54, 1.807) is 68.4 Å². The van der Waals surface area contributed by atoms with E-state index in [0.29, 0.717) is 12.1 Å². The zero-order chi connectivity index (χ0) is 35.0. The van der Waals surface area contributed by atoms with E-state index in [-0.39, 0.29) is 58.0 Å². The number of carbonyl (C=O) groups is 4. The first kappa shape index (κ1) is 41.5. The van der Waals surface area contributed by atoms with E-state index in [4.69, 9.17) is 33.5 Å². The van der Waals surface area contributed by atoms with Gasteiger partial charge in [-0.15, -0.1) is 0 Å². The highest BCUT2D eigenvalue weighted by Crippen LogP contribution is 2.28. The summed E-state index contributed by atoms with van der Waals surface area (Å²) in [6.07, 6.45) is 2.77. The first-order valence-electron chi connectivity index (χ1n) is 16.4. The number of esters is 3. The van der Waals surface area contributed by atoms with Gasteiger partial charge in [0.25, 0.3) is 0 Å². The van der Waals surface area contributed by atoms with E-state index < -0.39 is 53.0 Å². The highest BCUT2D eigenvalue weighted by atomic mass is 16.6. The Hall–Kier alpha value is -2.54. The van der Waals surface area contributed by atoms with Crippen molar-refractivity contribution in [2.45, 2.75) is 149 Å². The zero-order valence-corrected chi connectivity index (χ0v) is 29.5. The summed E-state index contributed by atoms with van der Waals surface area (Å²) in [5.74, 6) is -1.57. The summed E-state index contributed by atoms with van der Waals surface area (Å²) >= 11 is 0. The first-order chi connectivity index (χ1) is 21.3. The van der Waals surface area contributed by atoms with Crippen LogP contribution in [0.4, 0.5) is 0 Å². The van der Waals surface area contributed by atoms with E-state index in [1.165, 1.54) is 0 Å². The molecule has 0 aliphatic heterocycles. The number of rotatable bonds is 19. The number of unbranched alkanes of at least 4 members (excludes halogenated alkanes) is 3. The van der Waals surface area contributed by atoms with Crippen LogP contribution in [0.3, 0.4) is 0 Å². The van der Waals surface area contributed by atoms with Crippen LogP contribution in [0, 0.1) is 0 Å². The number of aliphatic hydroxyl groups is 1. The van der Waals surface area contributed by atoms with Crippen molar-refractivity contribution < 1.29 is 52.7 Å². The van der Waals surface area contributed by atoms with Gasteiger partial charge in [0.1, 0.15) is 29.0 Å². The lowest BCUT2D eigenvalue weighted by molar-refractivity contribution is -0.166. The fourth-order valence-electron chi connectivity index (χ4n) is 4.51. The van der Waals surface area contributed by atoms with Crippen LogP contribution in [0.2, 0.25) is 0 Å². The molecule has 0 aromatic carbocycles. The number of nitrogens with one attached hydrogen (secondary N) is 1. The van der Waals surface area contributed by atoms with Gasteiger partial charge in [-0.2, -0.15) is 0 Å². The Morgan fingerprint density at radius 2 is 1.15 bits per heavy atom. The molecule has 1 aliphatic rings. The van der Waals surface area contributed by atoms with Crippen LogP contribution in [-0.4, -0.2) is 97.0 Å². The molecule has 0 spiro atoms. The minimum Gasteiger partial charge on any atom is -0.460 e. The van der Waals surface area contributed by atoms with Gasteiger partial charge in [-0.3, -0.25) is 19.2 Å². The summed E-state index contributed by atoms with van der Waals surface area (Å²) in [6.45, 7) is 16.6. The van der Waals surface area contributed by atoms with Gasteiger partial charge in [-0.05, 0) is 81.2 Å². The first-order valence-corrected chi connectivity index (χ1v) is 16.4. The molecule has 1 aliphatic carbocycles. The lowest BCUT2D eigenvalue weighted by Crippen LogP contribution is -2.47. The topological polar surface area (TPSA) is 156 Å². The SMILES string of the molecule is CC(C)(C)OC(=O)CCO[C@@H]1[C@H](OCCC(=O)OC(C)(C)C)C=C(C(=O)NCCCCCCO)C[C@H]1OCCC(=O)OC(C)(C)C. The fraction of sp³-hybridized carbons (Fsp3) is 0.824. The molecule has 3 atom stereocenters. The molecule has 12 heteroatoms. The second-order valence-corrected chi connectivity index (χ2v) is 14.4. The standard InChI is InChI=1S/C34H59NO11/c1-32(2,3)44-27(37)14-19-41-25-22-24(31(40)35-17-12-10-11-13-18-36)23-26(42-20-15-28(38)45-33(4,5)6)30(25)43-21-16-29(39)46-34(7,8)9/h22,25-26,30,36H,10-21,23H2,1-9H3,(H,35,40)/t25-,26-,30-/m1/s1. The molecule has 0 bridgehead atoms. The van der Waals surface area contributed by atoms with E-state index >= 15 is 0 Å². The monoisotopic (exact) mass is 657 g/mol. The van der Waals surface area contributed by atoms with Gasteiger partial charge in [0, 0.05) is 25.1 Å². The van der Waals surface area contributed by atoms with E-state index in [0.717, 1.165) is 25.7 Å². The Morgan fingerprint density at radius 1 is 0.696 bits per heavy atom. The van der Waals surface area contributed by atoms with Gasteiger partial charge in [0.05, 0.1) is 45.2 Å². The number of ether oxygens (including phenoxy) is 6. The molecule has 46 heavy (non-hydrogen) atoms. The van der Waals surface area contributed by atoms with E-state index in [1.807, 2.05) is 0 Å². The Kier molecular flexibility index (Phi) is 18.0. The van der Waals surface area contributed by atoms with Crippen LogP contribution in [0.25, 0.3) is 0 Å². The van der Waals surface area contributed by atoms with Gasteiger partial charge >= 0.3 is 17.9 Å². The minimum absolute atomic E-state index is 0.000636. The maximum atomic E-state index is 13.2. The zero-order valence-electron chi connectivity index (χ0n) is 29.5. The molecule has 0 saturated heterocycles. The molecule has 0 unspecified atom stereocenters. The second kappa shape index (κ2) is 20.0. The van der Waals surface area contributed by atoms with Crippen LogP contribution in [0.15, 0.2) is 11.6 Å². The third-order valence-corrected chi connectivity index (χ3v) is 6.27. The molecule has 0 heterocycles. The lowest BCUT2D eigenvalue weighted by Gasteiger charge is -2.36. The van der Waals surface area contributed by atoms with E-state index in [9.17, 15) is 19.2 Å². The molecule has 266 valence electrons. The second-order valence-electron chi connectivity index (χ2n) is 14.4. The molecule has 2 N–H and O–H groups in total. The number of hydrogen-bond acceptors (Lipinski definition) is 11. The summed E-state index contributed by atoms with van der Waals surface area (Å²) in [5.41, 5.74) is -1.52. The molecule has 1 amide bonds. The van der Waals surface area contributed by atoms with Crippen molar-refractivity contribution in [1.82, 2.24) is 5.32 Å². The third-order valence-electron chi connectivity index (χ3n) is 6.27. The van der Waals surface area contributed by atoms with Crippen LogP contribution in [0.1, 0.15) is 114 Å². The van der Waals surface area contributed by atoms with Crippen molar-refractivity contribution in [1.29, 1.82) is 0 Å². The molecule has 0 aromatic rings. The quantitative estimate of drug-likeness (QED) is 0.116. The van der Waals surface area contributed by atoms with Crippen molar-refractivity contribution in [2.75, 3.05) is 33.0 Å². The summed E-state index contributed by atoms with van der Waals surface area (Å²) < 4.78 is 34.6. The van der Waals surface area contributed by atoms with Crippen LogP contribution < -0.4 is 5.32 Å². The Balaban J connectivity index is 3.12. The van der Waals surface area contributed by atoms with Crippen LogP contribution in [-0.2, 0) is 47.6 Å². The van der Waals surface area contributed by atoms with Gasteiger partial charge < -0.3 is 38.8 Å². The summed E-state index contributed by atoms with van der Waals surface area (Å²) in [6, 6.07) is 0. The van der Waals surface area contributed by atoms with Gasteiger partial charge in [-0.25, -0.2) is 0 Å². The molecular formula is C34H59NO11. The maximum absolute atomic E-state index is 13.2. The highest BCUT2D eigenvalue weighted by molar-refractivity contribution is 5.93. The fourth-order valence-corrected chi connectivity index (χ4v) is 4.51. The van der Waals surface area contributed by atoms with E-state index in [2.05, 4.69) is 5.32 Å². The van der Waals surface area contributed by atoms with Crippen molar-refractivity contribution in [3.63, 3.8) is 0 Å². The Morgan fingerprint density at radius 3 is 1.63 bits per heavy atom. The predicted molar refractivity (Wildman–Crippen MR) is 172 cm³/mol. The number of hydrogen-bond donors (Lipinski definition) is 2. The number of amides is 1. The average Bonchev–Trinajstić information content (AvgIpc) is 2.88. The molecule has 0 fully saturated rings. The number of aliphatic hydroxyl groups excluding tert-OH is 1. The predicted octanol–water partition coefficient (Wildman–Crippen LogP) is 4.34. The highest BCUT2D eigenvalue weighted by Gasteiger charge is 2.38. The van der Waals surface area contributed by atoms with Crippen molar-refractivity contribution in [3.05, 3.63) is 11.6 Å². The molecule has 0 aromatic heterocycles. The molecule has 1 rings (SSSR count). The molecule has 0 radical (unpaired) electrons. The molecule has 0 saturated carbocycles. The smallest absolute Gasteiger partial charge is 0.308 e.